The molecule has 0 N–H and O–H groups in total. The lowest BCUT2D eigenvalue weighted by molar-refractivity contribution is 0.660. The monoisotopic (exact) mass is 489 g/mol. The van der Waals surface area contributed by atoms with Crippen molar-refractivity contribution in [2.45, 2.75) is 19.3 Å². The Kier molecular flexibility index (Phi) is 4.41. The molecule has 7 rings (SSSR count). The van der Waals surface area contributed by atoms with Crippen LogP contribution < -0.4 is 0 Å². The minimum Gasteiger partial charge on any atom is -0.208 e. The standard InChI is InChI=1S/C30H20ClN3S/c1-30(2)23-9-5-3-7-19(23)20-13-11-18(16-24(20)30)28-32-27(33-29(31)34-28)17-12-14-26-22(15-17)21-8-4-6-10-25(21)35-26/h3-16H,1-2H3. The first-order valence-corrected chi connectivity index (χ1v) is 12.8. The summed E-state index contributed by atoms with van der Waals surface area (Å²) < 4.78 is 2.52. The molecule has 1 aliphatic rings. The molecule has 0 saturated heterocycles. The molecular formula is C30H20ClN3S. The molecule has 0 radical (unpaired) electrons. The second-order valence-electron chi connectivity index (χ2n) is 9.49. The van der Waals surface area contributed by atoms with Crippen LogP contribution in [0.25, 0.3) is 54.1 Å². The van der Waals surface area contributed by atoms with E-state index in [0.29, 0.717) is 11.6 Å². The summed E-state index contributed by atoms with van der Waals surface area (Å²) in [6.45, 7) is 4.54. The summed E-state index contributed by atoms with van der Waals surface area (Å²) >= 11 is 8.22. The third-order valence-electron chi connectivity index (χ3n) is 7.08. The summed E-state index contributed by atoms with van der Waals surface area (Å²) in [5, 5.41) is 2.65. The minimum absolute atomic E-state index is 0.0906. The van der Waals surface area contributed by atoms with Crippen LogP contribution in [0.2, 0.25) is 5.28 Å². The number of hydrogen-bond donors (Lipinski definition) is 0. The van der Waals surface area contributed by atoms with Gasteiger partial charge in [-0.2, -0.15) is 9.97 Å². The Morgan fingerprint density at radius 2 is 1.29 bits per heavy atom. The maximum Gasteiger partial charge on any atom is 0.226 e. The van der Waals surface area contributed by atoms with Crippen molar-refractivity contribution in [3.63, 3.8) is 0 Å². The van der Waals surface area contributed by atoms with Crippen molar-refractivity contribution >= 4 is 43.1 Å². The van der Waals surface area contributed by atoms with E-state index in [1.165, 1.54) is 42.4 Å². The number of aromatic nitrogens is 3. The van der Waals surface area contributed by atoms with E-state index in [-0.39, 0.29) is 10.7 Å². The molecule has 0 fully saturated rings. The van der Waals surface area contributed by atoms with Gasteiger partial charge >= 0.3 is 0 Å². The van der Waals surface area contributed by atoms with Gasteiger partial charge in [-0.15, -0.1) is 11.3 Å². The number of rotatable bonds is 2. The van der Waals surface area contributed by atoms with Crippen LogP contribution >= 0.6 is 22.9 Å². The molecule has 0 atom stereocenters. The van der Waals surface area contributed by atoms with Crippen molar-refractivity contribution in [2.75, 3.05) is 0 Å². The molecule has 6 aromatic rings. The summed E-state index contributed by atoms with van der Waals surface area (Å²) in [6.07, 6.45) is 0. The molecule has 0 unspecified atom stereocenters. The van der Waals surface area contributed by atoms with E-state index in [1.807, 2.05) is 0 Å². The van der Waals surface area contributed by atoms with Crippen molar-refractivity contribution in [2.24, 2.45) is 0 Å². The molecule has 168 valence electrons. The summed E-state index contributed by atoms with van der Waals surface area (Å²) in [5.41, 5.74) is 6.97. The Hall–Kier alpha value is -3.60. The highest BCUT2D eigenvalue weighted by Crippen LogP contribution is 2.49. The van der Waals surface area contributed by atoms with Gasteiger partial charge in [0.05, 0.1) is 0 Å². The highest BCUT2D eigenvalue weighted by atomic mass is 35.5. The van der Waals surface area contributed by atoms with Crippen molar-refractivity contribution in [3.05, 3.63) is 101 Å². The van der Waals surface area contributed by atoms with Crippen LogP contribution in [0.3, 0.4) is 0 Å². The zero-order valence-corrected chi connectivity index (χ0v) is 20.8. The third-order valence-corrected chi connectivity index (χ3v) is 8.41. The fourth-order valence-electron chi connectivity index (χ4n) is 5.32. The Bertz CT molecular complexity index is 1800. The average Bonchev–Trinajstić information content (AvgIpc) is 3.36. The predicted molar refractivity (Wildman–Crippen MR) is 146 cm³/mol. The van der Waals surface area contributed by atoms with Gasteiger partial charge < -0.3 is 0 Å². The van der Waals surface area contributed by atoms with Crippen LogP contribution in [0, 0.1) is 0 Å². The lowest BCUT2D eigenvalue weighted by Gasteiger charge is -2.21. The second-order valence-corrected chi connectivity index (χ2v) is 10.9. The summed E-state index contributed by atoms with van der Waals surface area (Å²) in [4.78, 5) is 13.8. The molecule has 3 nitrogen and oxygen atoms in total. The van der Waals surface area contributed by atoms with Crippen LogP contribution in [0.1, 0.15) is 25.0 Å². The van der Waals surface area contributed by atoms with Gasteiger partial charge in [-0.3, -0.25) is 0 Å². The van der Waals surface area contributed by atoms with Crippen LogP contribution in [0.4, 0.5) is 0 Å². The Labute approximate surface area is 212 Å². The normalized spacial score (nSPS) is 13.8. The van der Waals surface area contributed by atoms with E-state index >= 15 is 0 Å². The zero-order chi connectivity index (χ0) is 23.7. The maximum atomic E-state index is 6.43. The van der Waals surface area contributed by atoms with Gasteiger partial charge in [0.25, 0.3) is 0 Å². The van der Waals surface area contributed by atoms with Crippen LogP contribution in [-0.4, -0.2) is 15.0 Å². The second kappa shape index (κ2) is 7.45. The Morgan fingerprint density at radius 3 is 2.14 bits per heavy atom. The number of benzene rings is 4. The predicted octanol–water partition coefficient (Wildman–Crippen LogP) is 8.53. The molecule has 2 heterocycles. The molecule has 4 aromatic carbocycles. The number of hydrogen-bond acceptors (Lipinski definition) is 4. The largest absolute Gasteiger partial charge is 0.226 e. The van der Waals surface area contributed by atoms with Crippen molar-refractivity contribution in [1.82, 2.24) is 15.0 Å². The fraction of sp³-hybridized carbons (Fsp3) is 0.100. The highest BCUT2D eigenvalue weighted by Gasteiger charge is 2.35. The molecule has 35 heavy (non-hydrogen) atoms. The van der Waals surface area contributed by atoms with Gasteiger partial charge in [0, 0.05) is 36.7 Å². The number of halogens is 1. The lowest BCUT2D eigenvalue weighted by Crippen LogP contribution is -2.15. The van der Waals surface area contributed by atoms with Gasteiger partial charge in [-0.1, -0.05) is 68.4 Å². The summed E-state index contributed by atoms with van der Waals surface area (Å²) in [5.74, 6) is 1.17. The smallest absolute Gasteiger partial charge is 0.208 e. The minimum atomic E-state index is -0.0906. The van der Waals surface area contributed by atoms with E-state index in [4.69, 9.17) is 16.6 Å². The fourth-order valence-corrected chi connectivity index (χ4v) is 6.56. The first kappa shape index (κ1) is 20.7. The number of nitrogens with zero attached hydrogens (tertiary/aromatic N) is 3. The average molecular weight is 490 g/mol. The molecule has 2 aromatic heterocycles. The van der Waals surface area contributed by atoms with Crippen LogP contribution in [0.5, 0.6) is 0 Å². The summed E-state index contributed by atoms with van der Waals surface area (Å²) in [7, 11) is 0. The molecule has 0 amide bonds. The molecular weight excluding hydrogens is 470 g/mol. The Balaban J connectivity index is 1.36. The van der Waals surface area contributed by atoms with E-state index in [9.17, 15) is 0 Å². The van der Waals surface area contributed by atoms with Crippen molar-refractivity contribution < 1.29 is 0 Å². The molecule has 0 spiro atoms. The molecule has 5 heteroatoms. The summed E-state index contributed by atoms with van der Waals surface area (Å²) in [6, 6.07) is 29.9. The van der Waals surface area contributed by atoms with Gasteiger partial charge in [0.1, 0.15) is 0 Å². The Morgan fingerprint density at radius 1 is 0.629 bits per heavy atom. The third kappa shape index (κ3) is 3.14. The maximum absolute atomic E-state index is 6.43. The van der Waals surface area contributed by atoms with Crippen molar-refractivity contribution in [1.29, 1.82) is 0 Å². The van der Waals surface area contributed by atoms with E-state index < -0.39 is 0 Å². The first-order valence-electron chi connectivity index (χ1n) is 11.6. The van der Waals surface area contributed by atoms with Gasteiger partial charge in [-0.05, 0) is 64.2 Å². The van der Waals surface area contributed by atoms with Gasteiger partial charge in [0.15, 0.2) is 11.6 Å². The molecule has 0 aliphatic heterocycles. The SMILES string of the molecule is CC1(C)c2ccccc2-c2ccc(-c3nc(Cl)nc(-c4ccc5sc6ccccc6c5c4)n3)cc21. The number of thiophene rings is 1. The first-order chi connectivity index (χ1) is 17.0. The topological polar surface area (TPSA) is 38.7 Å². The number of fused-ring (bicyclic) bond motifs is 6. The van der Waals surface area contributed by atoms with E-state index in [1.54, 1.807) is 11.3 Å². The van der Waals surface area contributed by atoms with Crippen LogP contribution in [0.15, 0.2) is 84.9 Å². The lowest BCUT2D eigenvalue weighted by atomic mass is 9.82. The quantitative estimate of drug-likeness (QED) is 0.244. The molecule has 0 bridgehead atoms. The molecule has 1 aliphatic carbocycles. The highest BCUT2D eigenvalue weighted by molar-refractivity contribution is 7.25. The zero-order valence-electron chi connectivity index (χ0n) is 19.2. The van der Waals surface area contributed by atoms with E-state index in [2.05, 4.69) is 109 Å². The van der Waals surface area contributed by atoms with Crippen molar-refractivity contribution in [3.8, 4) is 33.9 Å². The molecule has 0 saturated carbocycles. The van der Waals surface area contributed by atoms with E-state index in [0.717, 1.165) is 11.1 Å². The van der Waals surface area contributed by atoms with Gasteiger partial charge in [-0.25, -0.2) is 4.98 Å². The van der Waals surface area contributed by atoms with Gasteiger partial charge in [0.2, 0.25) is 5.28 Å². The van der Waals surface area contributed by atoms with Crippen LogP contribution in [-0.2, 0) is 5.41 Å².